The van der Waals surface area contributed by atoms with Crippen LogP contribution >= 0.6 is 11.6 Å². The van der Waals surface area contributed by atoms with Gasteiger partial charge < -0.3 is 0 Å². The highest BCUT2D eigenvalue weighted by Gasteiger charge is 2.07. The topological polar surface area (TPSA) is 30.0 Å². The monoisotopic (exact) mass is 245 g/mol. The van der Waals surface area contributed by atoms with Crippen LogP contribution in [0.5, 0.6) is 0 Å². The molecule has 0 bridgehead atoms. The Kier molecular flexibility index (Phi) is 3.89. The van der Waals surface area contributed by atoms with Gasteiger partial charge in [0.05, 0.1) is 0 Å². The number of hydrogen-bond acceptors (Lipinski definition) is 2. The first kappa shape index (κ1) is 11.8. The Morgan fingerprint density at radius 3 is 2.65 bits per heavy atom. The molecule has 2 rings (SSSR count). The van der Waals surface area contributed by atoms with Gasteiger partial charge in [-0.3, -0.25) is 9.78 Å². The summed E-state index contributed by atoms with van der Waals surface area (Å²) in [6.45, 7) is 0. The van der Waals surface area contributed by atoms with Crippen LogP contribution in [-0.4, -0.2) is 10.8 Å². The third-order valence-electron chi connectivity index (χ3n) is 2.49. The summed E-state index contributed by atoms with van der Waals surface area (Å²) in [6, 6.07) is 13.2. The van der Waals surface area contributed by atoms with Gasteiger partial charge in [-0.15, -0.1) is 0 Å². The van der Waals surface area contributed by atoms with Crippen molar-refractivity contribution in [1.82, 2.24) is 4.98 Å². The highest BCUT2D eigenvalue weighted by atomic mass is 35.5. The molecule has 1 aromatic heterocycles. The molecular weight excluding hydrogens is 234 g/mol. The molecule has 1 heterocycles. The van der Waals surface area contributed by atoms with Crippen molar-refractivity contribution in [2.24, 2.45) is 0 Å². The van der Waals surface area contributed by atoms with Crippen LogP contribution in [0.25, 0.3) is 0 Å². The maximum Gasteiger partial charge on any atom is 0.181 e. The highest BCUT2D eigenvalue weighted by molar-refractivity contribution is 6.30. The first-order valence-corrected chi connectivity index (χ1v) is 5.82. The number of carbonyl (C=O) groups excluding carboxylic acids is 1. The Morgan fingerprint density at radius 1 is 1.18 bits per heavy atom. The van der Waals surface area contributed by atoms with Gasteiger partial charge in [0, 0.05) is 17.6 Å². The van der Waals surface area contributed by atoms with Gasteiger partial charge in [-0.05, 0) is 24.1 Å². The minimum Gasteiger partial charge on any atom is -0.292 e. The molecule has 0 N–H and O–H groups in total. The molecule has 0 atom stereocenters. The Bertz CT molecular complexity index is 511. The van der Waals surface area contributed by atoms with Crippen molar-refractivity contribution < 1.29 is 4.79 Å². The van der Waals surface area contributed by atoms with Crippen molar-refractivity contribution in [2.45, 2.75) is 12.8 Å². The molecule has 17 heavy (non-hydrogen) atoms. The Hall–Kier alpha value is -1.67. The molecule has 0 saturated heterocycles. The normalized spacial score (nSPS) is 10.2. The zero-order valence-corrected chi connectivity index (χ0v) is 10.0. The minimum absolute atomic E-state index is 0.0244. The summed E-state index contributed by atoms with van der Waals surface area (Å²) < 4.78 is 0. The lowest BCUT2D eigenvalue weighted by Crippen LogP contribution is -2.03. The van der Waals surface area contributed by atoms with Gasteiger partial charge in [0.2, 0.25) is 0 Å². The Labute approximate surface area is 105 Å². The number of carbonyl (C=O) groups is 1. The van der Waals surface area contributed by atoms with Crippen LogP contribution in [0.2, 0.25) is 5.02 Å². The number of rotatable bonds is 4. The average Bonchev–Trinajstić information content (AvgIpc) is 2.37. The van der Waals surface area contributed by atoms with Crippen LogP contribution in [-0.2, 0) is 6.42 Å². The van der Waals surface area contributed by atoms with Gasteiger partial charge >= 0.3 is 0 Å². The minimum atomic E-state index is 0.0244. The molecule has 0 unspecified atom stereocenters. The molecule has 1 aromatic carbocycles. The van der Waals surface area contributed by atoms with Crippen LogP contribution in [0.15, 0.2) is 48.7 Å². The lowest BCUT2D eigenvalue weighted by Gasteiger charge is -2.01. The highest BCUT2D eigenvalue weighted by Crippen LogP contribution is 2.11. The van der Waals surface area contributed by atoms with Gasteiger partial charge in [0.15, 0.2) is 5.78 Å². The maximum absolute atomic E-state index is 11.8. The largest absolute Gasteiger partial charge is 0.292 e. The first-order valence-electron chi connectivity index (χ1n) is 5.44. The number of hydrogen-bond donors (Lipinski definition) is 0. The van der Waals surface area contributed by atoms with E-state index in [9.17, 15) is 4.79 Å². The third-order valence-corrected chi connectivity index (χ3v) is 2.73. The van der Waals surface area contributed by atoms with Crippen molar-refractivity contribution in [3.63, 3.8) is 0 Å². The molecule has 0 spiro atoms. The van der Waals surface area contributed by atoms with E-state index < -0.39 is 0 Å². The van der Waals surface area contributed by atoms with E-state index in [1.54, 1.807) is 18.3 Å². The number of pyridine rings is 1. The summed E-state index contributed by atoms with van der Waals surface area (Å²) in [7, 11) is 0. The molecule has 86 valence electrons. The van der Waals surface area contributed by atoms with Gasteiger partial charge in [0.25, 0.3) is 0 Å². The standard InChI is InChI=1S/C14H12ClNO/c15-12-8-9-16-13(10-12)14(17)7-6-11-4-2-1-3-5-11/h1-5,8-10H,6-7H2. The summed E-state index contributed by atoms with van der Waals surface area (Å²) in [4.78, 5) is 15.9. The van der Waals surface area contributed by atoms with E-state index in [1.165, 1.54) is 0 Å². The van der Waals surface area contributed by atoms with E-state index in [4.69, 9.17) is 11.6 Å². The van der Waals surface area contributed by atoms with E-state index in [2.05, 4.69) is 4.98 Å². The second-order valence-electron chi connectivity index (χ2n) is 3.77. The summed E-state index contributed by atoms with van der Waals surface area (Å²) in [5, 5.41) is 0.545. The van der Waals surface area contributed by atoms with Crippen LogP contribution in [0, 0.1) is 0 Å². The molecule has 0 aliphatic heterocycles. The molecule has 0 aliphatic carbocycles. The fourth-order valence-electron chi connectivity index (χ4n) is 1.59. The van der Waals surface area contributed by atoms with E-state index in [0.29, 0.717) is 17.1 Å². The number of Topliss-reactive ketones (excluding diaryl/α,β-unsaturated/α-hetero) is 1. The molecule has 0 amide bonds. The molecule has 2 nitrogen and oxygen atoms in total. The lowest BCUT2D eigenvalue weighted by atomic mass is 10.1. The number of benzene rings is 1. The predicted molar refractivity (Wildman–Crippen MR) is 68.3 cm³/mol. The zero-order chi connectivity index (χ0) is 12.1. The molecule has 2 aromatic rings. The van der Waals surface area contributed by atoms with Crippen LogP contribution in [0.3, 0.4) is 0 Å². The molecule has 0 saturated carbocycles. The summed E-state index contributed by atoms with van der Waals surface area (Å²) in [6.07, 6.45) is 2.74. The van der Waals surface area contributed by atoms with Crippen molar-refractivity contribution >= 4 is 17.4 Å². The first-order chi connectivity index (χ1) is 8.25. The van der Waals surface area contributed by atoms with Crippen LogP contribution < -0.4 is 0 Å². The average molecular weight is 246 g/mol. The smallest absolute Gasteiger partial charge is 0.181 e. The fraction of sp³-hybridized carbons (Fsp3) is 0.143. The molecule has 0 radical (unpaired) electrons. The van der Waals surface area contributed by atoms with Crippen molar-refractivity contribution in [3.05, 3.63) is 64.9 Å². The lowest BCUT2D eigenvalue weighted by molar-refractivity contribution is 0.0978. The number of aromatic nitrogens is 1. The maximum atomic E-state index is 11.8. The Morgan fingerprint density at radius 2 is 1.94 bits per heavy atom. The summed E-state index contributed by atoms with van der Waals surface area (Å²) in [5.41, 5.74) is 1.59. The van der Waals surface area contributed by atoms with Crippen LogP contribution in [0.4, 0.5) is 0 Å². The number of halogens is 1. The second kappa shape index (κ2) is 5.60. The van der Waals surface area contributed by atoms with Crippen LogP contribution in [0.1, 0.15) is 22.5 Å². The van der Waals surface area contributed by atoms with E-state index in [-0.39, 0.29) is 5.78 Å². The van der Waals surface area contributed by atoms with E-state index >= 15 is 0 Å². The molecular formula is C14H12ClNO. The number of aryl methyl sites for hydroxylation is 1. The van der Waals surface area contributed by atoms with E-state index in [0.717, 1.165) is 12.0 Å². The quantitative estimate of drug-likeness (QED) is 0.771. The molecule has 0 aliphatic rings. The SMILES string of the molecule is O=C(CCc1ccccc1)c1cc(Cl)ccn1. The number of nitrogens with zero attached hydrogens (tertiary/aromatic N) is 1. The molecule has 0 fully saturated rings. The van der Waals surface area contributed by atoms with Gasteiger partial charge in [-0.25, -0.2) is 0 Å². The van der Waals surface area contributed by atoms with Crippen molar-refractivity contribution in [2.75, 3.05) is 0 Å². The zero-order valence-electron chi connectivity index (χ0n) is 9.27. The van der Waals surface area contributed by atoms with E-state index in [1.807, 2.05) is 30.3 Å². The van der Waals surface area contributed by atoms with Gasteiger partial charge in [-0.1, -0.05) is 41.9 Å². The van der Waals surface area contributed by atoms with Crippen molar-refractivity contribution in [1.29, 1.82) is 0 Å². The fourth-order valence-corrected chi connectivity index (χ4v) is 1.75. The molecule has 3 heteroatoms. The van der Waals surface area contributed by atoms with Gasteiger partial charge in [0.1, 0.15) is 5.69 Å². The van der Waals surface area contributed by atoms with Crippen molar-refractivity contribution in [3.8, 4) is 0 Å². The van der Waals surface area contributed by atoms with Gasteiger partial charge in [-0.2, -0.15) is 0 Å². The summed E-state index contributed by atoms with van der Waals surface area (Å²) in [5.74, 6) is 0.0244. The Balaban J connectivity index is 1.98. The number of ketones is 1. The summed E-state index contributed by atoms with van der Waals surface area (Å²) >= 11 is 5.81. The second-order valence-corrected chi connectivity index (χ2v) is 4.20. The predicted octanol–water partition coefficient (Wildman–Crippen LogP) is 3.55. The third kappa shape index (κ3) is 3.40.